The van der Waals surface area contributed by atoms with E-state index >= 15 is 0 Å². The lowest BCUT2D eigenvalue weighted by atomic mass is 9.94. The SMILES string of the molecule is CCC1NC(c2ccc(O)cc2)C(=O)N1C1C(=O)N2C(c3nn[nH]n3)C(C)(C)S[C@H]12. The van der Waals surface area contributed by atoms with Crippen molar-refractivity contribution in [1.29, 1.82) is 0 Å². The summed E-state index contributed by atoms with van der Waals surface area (Å²) in [6.07, 6.45) is 0.444. The van der Waals surface area contributed by atoms with Crippen molar-refractivity contribution >= 4 is 23.6 Å². The van der Waals surface area contributed by atoms with Gasteiger partial charge in [-0.3, -0.25) is 14.9 Å². The number of nitrogens with one attached hydrogen (secondary N) is 2. The van der Waals surface area contributed by atoms with Gasteiger partial charge in [0.15, 0.2) is 5.82 Å². The van der Waals surface area contributed by atoms with E-state index in [1.54, 1.807) is 45.8 Å². The van der Waals surface area contributed by atoms with Crippen molar-refractivity contribution in [3.8, 4) is 5.75 Å². The summed E-state index contributed by atoms with van der Waals surface area (Å²) in [5, 5.41) is 27.1. The van der Waals surface area contributed by atoms with E-state index in [1.807, 2.05) is 6.92 Å². The van der Waals surface area contributed by atoms with E-state index in [0.717, 1.165) is 5.56 Å². The molecule has 3 aliphatic rings. The molecule has 1 aromatic heterocycles. The summed E-state index contributed by atoms with van der Waals surface area (Å²) >= 11 is 1.66. The van der Waals surface area contributed by atoms with Gasteiger partial charge in [0.25, 0.3) is 0 Å². The molecule has 4 heterocycles. The van der Waals surface area contributed by atoms with Gasteiger partial charge in [-0.2, -0.15) is 5.21 Å². The molecule has 10 nitrogen and oxygen atoms in total. The third kappa shape index (κ3) is 2.64. The Morgan fingerprint density at radius 2 is 1.90 bits per heavy atom. The number of hydrogen-bond acceptors (Lipinski definition) is 8. The highest BCUT2D eigenvalue weighted by atomic mass is 32.2. The third-order valence-corrected chi connectivity index (χ3v) is 7.69. The van der Waals surface area contributed by atoms with Crippen molar-refractivity contribution < 1.29 is 14.7 Å². The van der Waals surface area contributed by atoms with Gasteiger partial charge in [0.2, 0.25) is 11.8 Å². The average Bonchev–Trinajstić information content (AvgIpc) is 3.40. The van der Waals surface area contributed by atoms with Crippen LogP contribution in [0.25, 0.3) is 0 Å². The van der Waals surface area contributed by atoms with E-state index in [-0.39, 0.29) is 39.9 Å². The maximum absolute atomic E-state index is 13.4. The number of hydrogen-bond donors (Lipinski definition) is 3. The smallest absolute Gasteiger partial charge is 0.250 e. The molecule has 4 unspecified atom stereocenters. The Bertz CT molecular complexity index is 981. The highest BCUT2D eigenvalue weighted by Crippen LogP contribution is 2.58. The fourth-order valence-electron chi connectivity index (χ4n) is 4.75. The molecule has 0 spiro atoms. The number of rotatable bonds is 4. The Labute approximate surface area is 177 Å². The first kappa shape index (κ1) is 19.3. The minimum Gasteiger partial charge on any atom is -0.508 e. The zero-order valence-corrected chi connectivity index (χ0v) is 17.6. The van der Waals surface area contributed by atoms with Gasteiger partial charge in [-0.25, -0.2) is 0 Å². The number of phenolic OH excluding ortho intramolecular Hbond substituents is 1. The van der Waals surface area contributed by atoms with Crippen LogP contribution in [-0.2, 0) is 9.59 Å². The number of amides is 2. The van der Waals surface area contributed by atoms with E-state index in [2.05, 4.69) is 39.8 Å². The molecule has 3 aliphatic heterocycles. The van der Waals surface area contributed by atoms with Crippen LogP contribution in [-0.4, -0.2) is 69.7 Å². The standard InChI is InChI=1S/C19H23N7O3S/c1-4-11-20-12(9-5-7-10(27)8-6-9)16(28)25(11)13-17(29)26-14(15-21-23-24-22-15)19(2,3)30-18(13)26/h5-8,11-14,18,20,27H,4H2,1-3H3,(H,21,22,23,24)/t11?,12?,13?,14?,18-/m1/s1. The molecule has 11 heteroatoms. The first-order valence-electron chi connectivity index (χ1n) is 9.94. The van der Waals surface area contributed by atoms with E-state index in [4.69, 9.17) is 0 Å². The molecular formula is C19H23N7O3S. The van der Waals surface area contributed by atoms with Crippen molar-refractivity contribution in [1.82, 2.24) is 35.7 Å². The lowest BCUT2D eigenvalue weighted by molar-refractivity contribution is -0.163. The second kappa shape index (κ2) is 6.67. The van der Waals surface area contributed by atoms with Crippen LogP contribution < -0.4 is 5.32 Å². The summed E-state index contributed by atoms with van der Waals surface area (Å²) in [5.74, 6) is 0.427. The van der Waals surface area contributed by atoms with Crippen LogP contribution in [0.1, 0.15) is 50.7 Å². The minimum atomic E-state index is -0.537. The molecule has 30 heavy (non-hydrogen) atoms. The molecule has 158 valence electrons. The van der Waals surface area contributed by atoms with Gasteiger partial charge in [-0.05, 0) is 38.0 Å². The highest BCUT2D eigenvalue weighted by Gasteiger charge is 2.66. The molecule has 0 saturated carbocycles. The monoisotopic (exact) mass is 429 g/mol. The predicted octanol–water partition coefficient (Wildman–Crippen LogP) is 0.918. The molecule has 0 aliphatic carbocycles. The molecule has 3 saturated heterocycles. The second-order valence-corrected chi connectivity index (χ2v) is 10.1. The average molecular weight is 430 g/mol. The fourth-order valence-corrected chi connectivity index (χ4v) is 6.44. The number of β-lactam (4-membered cyclic amide) rings is 1. The molecule has 3 fully saturated rings. The number of thioether (sulfide) groups is 1. The van der Waals surface area contributed by atoms with Crippen LogP contribution in [0.3, 0.4) is 0 Å². The van der Waals surface area contributed by atoms with Crippen LogP contribution in [0.2, 0.25) is 0 Å². The number of aromatic hydroxyl groups is 1. The summed E-state index contributed by atoms with van der Waals surface area (Å²) in [5.41, 5.74) is 0.770. The molecule has 0 bridgehead atoms. The van der Waals surface area contributed by atoms with E-state index in [0.29, 0.717) is 12.2 Å². The summed E-state index contributed by atoms with van der Waals surface area (Å²) in [6, 6.07) is 5.23. The summed E-state index contributed by atoms with van der Waals surface area (Å²) in [4.78, 5) is 30.2. The van der Waals surface area contributed by atoms with Gasteiger partial charge in [-0.15, -0.1) is 22.0 Å². The quantitative estimate of drug-likeness (QED) is 0.612. The topological polar surface area (TPSA) is 127 Å². The van der Waals surface area contributed by atoms with Crippen LogP contribution in [0.15, 0.2) is 24.3 Å². The second-order valence-electron chi connectivity index (χ2n) is 8.34. The lowest BCUT2D eigenvalue weighted by Gasteiger charge is -2.48. The molecule has 0 radical (unpaired) electrons. The number of carbonyl (C=O) groups excluding carboxylic acids is 2. The van der Waals surface area contributed by atoms with Crippen molar-refractivity contribution in [2.24, 2.45) is 0 Å². The van der Waals surface area contributed by atoms with E-state index < -0.39 is 12.1 Å². The molecule has 1 aromatic carbocycles. The molecule has 5 rings (SSSR count). The van der Waals surface area contributed by atoms with Gasteiger partial charge < -0.3 is 14.9 Å². The zero-order chi connectivity index (χ0) is 21.2. The molecule has 2 aromatic rings. The number of aromatic amines is 1. The highest BCUT2D eigenvalue weighted by molar-refractivity contribution is 8.01. The number of fused-ring (bicyclic) bond motifs is 1. The first-order chi connectivity index (χ1) is 14.3. The Kier molecular flexibility index (Phi) is 4.30. The Morgan fingerprint density at radius 1 is 1.17 bits per heavy atom. The van der Waals surface area contributed by atoms with Crippen molar-refractivity contribution in [2.75, 3.05) is 0 Å². The fraction of sp³-hybridized carbons (Fsp3) is 0.526. The van der Waals surface area contributed by atoms with Gasteiger partial charge in [-0.1, -0.05) is 24.3 Å². The normalized spacial score (nSPS) is 32.4. The lowest BCUT2D eigenvalue weighted by Crippen LogP contribution is -2.69. The summed E-state index contributed by atoms with van der Waals surface area (Å²) in [7, 11) is 0. The van der Waals surface area contributed by atoms with Crippen molar-refractivity contribution in [3.63, 3.8) is 0 Å². The Balaban J connectivity index is 1.44. The number of phenols is 1. The van der Waals surface area contributed by atoms with Gasteiger partial charge in [0, 0.05) is 4.75 Å². The number of benzene rings is 1. The van der Waals surface area contributed by atoms with Crippen LogP contribution in [0.4, 0.5) is 0 Å². The number of tetrazole rings is 1. The number of H-pyrrole nitrogens is 1. The summed E-state index contributed by atoms with van der Waals surface area (Å²) < 4.78 is -0.312. The number of aromatic nitrogens is 4. The van der Waals surface area contributed by atoms with E-state index in [9.17, 15) is 14.7 Å². The largest absolute Gasteiger partial charge is 0.508 e. The Hall–Kier alpha value is -2.66. The zero-order valence-electron chi connectivity index (χ0n) is 16.8. The van der Waals surface area contributed by atoms with Crippen LogP contribution in [0.5, 0.6) is 5.75 Å². The predicted molar refractivity (Wildman–Crippen MR) is 108 cm³/mol. The van der Waals surface area contributed by atoms with Gasteiger partial charge in [0.05, 0.1) is 6.17 Å². The number of carbonyl (C=O) groups is 2. The van der Waals surface area contributed by atoms with Crippen LogP contribution in [0, 0.1) is 0 Å². The third-order valence-electron chi connectivity index (χ3n) is 6.13. The number of nitrogens with zero attached hydrogens (tertiary/aromatic N) is 5. The maximum Gasteiger partial charge on any atom is 0.250 e. The van der Waals surface area contributed by atoms with Crippen molar-refractivity contribution in [3.05, 3.63) is 35.7 Å². The van der Waals surface area contributed by atoms with Gasteiger partial charge in [0.1, 0.15) is 29.2 Å². The molecule has 3 N–H and O–H groups in total. The minimum absolute atomic E-state index is 0.0900. The first-order valence-corrected chi connectivity index (χ1v) is 10.8. The van der Waals surface area contributed by atoms with Crippen molar-refractivity contribution in [2.45, 2.75) is 61.6 Å². The van der Waals surface area contributed by atoms with Crippen LogP contribution >= 0.6 is 11.8 Å². The maximum atomic E-state index is 13.4. The van der Waals surface area contributed by atoms with E-state index in [1.165, 1.54) is 0 Å². The summed E-state index contributed by atoms with van der Waals surface area (Å²) in [6.45, 7) is 6.11. The van der Waals surface area contributed by atoms with Gasteiger partial charge >= 0.3 is 0 Å². The molecular weight excluding hydrogens is 406 g/mol. The molecule has 5 atom stereocenters. The Morgan fingerprint density at radius 3 is 2.53 bits per heavy atom. The molecule has 2 amide bonds.